The molecule has 0 aliphatic rings. The lowest BCUT2D eigenvalue weighted by Crippen LogP contribution is -2.25. The Balaban J connectivity index is 1.79. The van der Waals surface area contributed by atoms with E-state index in [4.69, 9.17) is 11.6 Å². The number of halogens is 1. The molecule has 0 unspecified atom stereocenters. The Morgan fingerprint density at radius 2 is 2.10 bits per heavy atom. The molecule has 0 aliphatic heterocycles. The average molecular weight is 329 g/mol. The number of carbonyl (C=O) groups excluding carboxylic acids is 1. The van der Waals surface area contributed by atoms with Crippen molar-refractivity contribution in [2.24, 2.45) is 0 Å². The number of nitrogens with one attached hydrogen (secondary N) is 2. The van der Waals surface area contributed by atoms with Crippen LogP contribution in [0.1, 0.15) is 15.2 Å². The van der Waals surface area contributed by atoms with E-state index in [1.54, 1.807) is 11.8 Å². The highest BCUT2D eigenvalue weighted by atomic mass is 35.5. The minimum Gasteiger partial charge on any atom is -0.350 e. The monoisotopic (exact) mass is 328 g/mol. The predicted octanol–water partition coefficient (Wildman–Crippen LogP) is 2.92. The van der Waals surface area contributed by atoms with Crippen LogP contribution in [-0.4, -0.2) is 22.6 Å². The van der Waals surface area contributed by atoms with Crippen LogP contribution < -0.4 is 10.9 Å². The standard InChI is InChI=1S/C13H13ClN2O2S2/c1-8-2-4-9(5-3-8)19-7-6-15-13(18)11-10(14)12(17)16-20-11/h2-5H,6-7H2,1H3,(H,15,18)(H,16,17). The van der Waals surface area contributed by atoms with Gasteiger partial charge in [0.25, 0.3) is 11.5 Å². The summed E-state index contributed by atoms with van der Waals surface area (Å²) in [6.45, 7) is 2.56. The minimum absolute atomic E-state index is 0.0429. The van der Waals surface area contributed by atoms with Gasteiger partial charge in [0.1, 0.15) is 9.90 Å². The molecule has 2 rings (SSSR count). The number of aromatic nitrogens is 1. The van der Waals surface area contributed by atoms with Crippen LogP contribution in [0, 0.1) is 6.92 Å². The van der Waals surface area contributed by atoms with Crippen molar-refractivity contribution in [2.45, 2.75) is 11.8 Å². The molecule has 1 aromatic heterocycles. The van der Waals surface area contributed by atoms with Crippen molar-refractivity contribution < 1.29 is 4.79 Å². The molecule has 0 radical (unpaired) electrons. The summed E-state index contributed by atoms with van der Waals surface area (Å²) in [5.41, 5.74) is 0.801. The first-order valence-corrected chi connectivity index (χ1v) is 8.10. The fraction of sp³-hybridized carbons (Fsp3) is 0.231. The number of hydrogen-bond acceptors (Lipinski definition) is 4. The number of aryl methyl sites for hydroxylation is 1. The Bertz CT molecular complexity index is 649. The number of hydrogen-bond donors (Lipinski definition) is 2. The molecule has 0 saturated heterocycles. The number of rotatable bonds is 5. The fourth-order valence-corrected chi connectivity index (χ4v) is 3.20. The van der Waals surface area contributed by atoms with Gasteiger partial charge in [-0.05, 0) is 19.1 Å². The van der Waals surface area contributed by atoms with Crippen molar-refractivity contribution >= 4 is 40.8 Å². The topological polar surface area (TPSA) is 62.0 Å². The van der Waals surface area contributed by atoms with E-state index in [0.29, 0.717) is 6.54 Å². The smallest absolute Gasteiger partial charge is 0.277 e. The largest absolute Gasteiger partial charge is 0.350 e. The van der Waals surface area contributed by atoms with Gasteiger partial charge in [0, 0.05) is 17.2 Å². The van der Waals surface area contributed by atoms with Crippen LogP contribution in [0.2, 0.25) is 5.02 Å². The van der Waals surface area contributed by atoms with Gasteiger partial charge in [0.05, 0.1) is 0 Å². The molecular formula is C13H13ClN2O2S2. The Morgan fingerprint density at radius 3 is 2.70 bits per heavy atom. The van der Waals surface area contributed by atoms with Crippen LogP contribution >= 0.6 is 34.9 Å². The lowest BCUT2D eigenvalue weighted by Gasteiger charge is -2.04. The summed E-state index contributed by atoms with van der Waals surface area (Å²) in [5, 5.41) is 2.70. The molecule has 2 N–H and O–H groups in total. The molecule has 0 spiro atoms. The Hall–Kier alpha value is -1.24. The molecule has 4 nitrogen and oxygen atoms in total. The predicted molar refractivity (Wildman–Crippen MR) is 84.2 cm³/mol. The summed E-state index contributed by atoms with van der Waals surface area (Å²) >= 11 is 8.34. The van der Waals surface area contributed by atoms with Crippen LogP contribution in [0.4, 0.5) is 0 Å². The zero-order chi connectivity index (χ0) is 14.5. The normalized spacial score (nSPS) is 10.5. The third-order valence-electron chi connectivity index (χ3n) is 2.53. The van der Waals surface area contributed by atoms with E-state index in [-0.39, 0.29) is 15.8 Å². The Morgan fingerprint density at radius 1 is 1.40 bits per heavy atom. The van der Waals surface area contributed by atoms with Crippen molar-refractivity contribution in [3.63, 3.8) is 0 Å². The highest BCUT2D eigenvalue weighted by Crippen LogP contribution is 2.18. The minimum atomic E-state index is -0.421. The lowest BCUT2D eigenvalue weighted by atomic mass is 10.2. The molecule has 7 heteroatoms. The summed E-state index contributed by atoms with van der Waals surface area (Å²) in [6, 6.07) is 8.21. The van der Waals surface area contributed by atoms with Crippen LogP contribution in [0.5, 0.6) is 0 Å². The van der Waals surface area contributed by atoms with Crippen LogP contribution in [-0.2, 0) is 0 Å². The van der Waals surface area contributed by atoms with Crippen LogP contribution in [0.15, 0.2) is 34.0 Å². The van der Waals surface area contributed by atoms with Gasteiger partial charge in [-0.25, -0.2) is 0 Å². The third-order valence-corrected chi connectivity index (χ3v) is 4.90. The third kappa shape index (κ3) is 3.88. The molecule has 1 aromatic carbocycles. The molecule has 20 heavy (non-hydrogen) atoms. The van der Waals surface area contributed by atoms with E-state index >= 15 is 0 Å². The van der Waals surface area contributed by atoms with Gasteiger partial charge in [-0.1, -0.05) is 40.8 Å². The number of aromatic amines is 1. The van der Waals surface area contributed by atoms with E-state index in [9.17, 15) is 9.59 Å². The lowest BCUT2D eigenvalue weighted by molar-refractivity contribution is 0.0960. The average Bonchev–Trinajstić information content (AvgIpc) is 2.77. The molecule has 0 aliphatic carbocycles. The Labute approximate surface area is 129 Å². The van der Waals surface area contributed by atoms with Crippen molar-refractivity contribution in [2.75, 3.05) is 12.3 Å². The van der Waals surface area contributed by atoms with Crippen molar-refractivity contribution in [3.8, 4) is 0 Å². The second kappa shape index (κ2) is 6.97. The zero-order valence-electron chi connectivity index (χ0n) is 10.7. The van der Waals surface area contributed by atoms with Crippen molar-refractivity contribution in [1.29, 1.82) is 0 Å². The molecular weight excluding hydrogens is 316 g/mol. The molecule has 1 heterocycles. The van der Waals surface area contributed by atoms with Gasteiger partial charge in [-0.2, -0.15) is 0 Å². The summed E-state index contributed by atoms with van der Waals surface area (Å²) < 4.78 is 2.43. The SMILES string of the molecule is Cc1ccc(SCCNC(=O)c2s[nH]c(=O)c2Cl)cc1. The summed E-state index contributed by atoms with van der Waals surface area (Å²) in [7, 11) is 0. The molecule has 106 valence electrons. The van der Waals surface area contributed by atoms with E-state index in [0.717, 1.165) is 22.2 Å². The molecule has 2 aromatic rings. The van der Waals surface area contributed by atoms with Gasteiger partial charge in [-0.3, -0.25) is 14.0 Å². The quantitative estimate of drug-likeness (QED) is 0.655. The molecule has 0 fully saturated rings. The summed E-state index contributed by atoms with van der Waals surface area (Å²) in [4.78, 5) is 24.3. The first kappa shape index (κ1) is 15.2. The molecule has 1 amide bonds. The Kier molecular flexibility index (Phi) is 5.28. The van der Waals surface area contributed by atoms with E-state index in [1.165, 1.54) is 5.56 Å². The van der Waals surface area contributed by atoms with Gasteiger partial charge in [0.2, 0.25) is 0 Å². The number of benzene rings is 1. The fourth-order valence-electron chi connectivity index (χ4n) is 1.48. The van der Waals surface area contributed by atoms with E-state index in [2.05, 4.69) is 34.0 Å². The van der Waals surface area contributed by atoms with Gasteiger partial charge >= 0.3 is 0 Å². The van der Waals surface area contributed by atoms with Gasteiger partial charge in [-0.15, -0.1) is 11.8 Å². The highest BCUT2D eigenvalue weighted by molar-refractivity contribution is 7.99. The van der Waals surface area contributed by atoms with Crippen molar-refractivity contribution in [3.05, 3.63) is 50.1 Å². The van der Waals surface area contributed by atoms with Gasteiger partial charge < -0.3 is 5.32 Å². The van der Waals surface area contributed by atoms with Gasteiger partial charge in [0.15, 0.2) is 0 Å². The maximum absolute atomic E-state index is 11.8. The number of H-pyrrole nitrogens is 1. The maximum Gasteiger partial charge on any atom is 0.277 e. The molecule has 0 atom stereocenters. The van der Waals surface area contributed by atoms with Crippen LogP contribution in [0.3, 0.4) is 0 Å². The molecule has 0 saturated carbocycles. The number of thioether (sulfide) groups is 1. The van der Waals surface area contributed by atoms with Crippen LogP contribution in [0.25, 0.3) is 0 Å². The first-order valence-electron chi connectivity index (χ1n) is 5.92. The highest BCUT2D eigenvalue weighted by Gasteiger charge is 2.15. The maximum atomic E-state index is 11.8. The summed E-state index contributed by atoms with van der Waals surface area (Å²) in [6.07, 6.45) is 0. The second-order valence-corrected chi connectivity index (χ2v) is 6.46. The van der Waals surface area contributed by atoms with E-state index < -0.39 is 5.56 Å². The molecule has 0 bridgehead atoms. The number of amides is 1. The summed E-state index contributed by atoms with van der Waals surface area (Å²) in [5.74, 6) is 0.439. The first-order chi connectivity index (χ1) is 9.58. The second-order valence-electron chi connectivity index (χ2n) is 4.09. The zero-order valence-corrected chi connectivity index (χ0v) is 13.1. The van der Waals surface area contributed by atoms with Crippen molar-refractivity contribution in [1.82, 2.24) is 9.69 Å². The number of carbonyl (C=O) groups is 1. The van der Waals surface area contributed by atoms with E-state index in [1.807, 2.05) is 6.92 Å².